The van der Waals surface area contributed by atoms with E-state index in [-0.39, 0.29) is 11.7 Å². The van der Waals surface area contributed by atoms with Crippen LogP contribution in [-0.2, 0) is 13.5 Å². The fourth-order valence-corrected chi connectivity index (χ4v) is 2.22. The van der Waals surface area contributed by atoms with Gasteiger partial charge in [-0.1, -0.05) is 13.0 Å². The van der Waals surface area contributed by atoms with Gasteiger partial charge in [0.1, 0.15) is 0 Å². The van der Waals surface area contributed by atoms with Crippen LogP contribution in [0.15, 0.2) is 30.6 Å². The number of amides is 2. The standard InChI is InChI=1S/C15H19N5O3/c1-4-11-5-6-13(7-14(11)20(22)23)18-15(21)17-10(2)12-8-16-19(3)9-12/h5-10H,4H2,1-3H3,(H2,17,18,21)/t10-/m1/s1. The van der Waals surface area contributed by atoms with E-state index in [1.54, 1.807) is 30.1 Å². The Hall–Kier alpha value is -2.90. The molecule has 0 bridgehead atoms. The van der Waals surface area contributed by atoms with Gasteiger partial charge >= 0.3 is 6.03 Å². The van der Waals surface area contributed by atoms with Crippen LogP contribution < -0.4 is 10.6 Å². The summed E-state index contributed by atoms with van der Waals surface area (Å²) in [5.74, 6) is 0. The first-order valence-electron chi connectivity index (χ1n) is 7.24. The molecule has 0 unspecified atom stereocenters. The number of nitrogens with one attached hydrogen (secondary N) is 2. The molecule has 1 heterocycles. The Morgan fingerprint density at radius 2 is 2.22 bits per heavy atom. The summed E-state index contributed by atoms with van der Waals surface area (Å²) in [7, 11) is 1.80. The second kappa shape index (κ2) is 6.91. The Labute approximate surface area is 133 Å². The molecule has 0 aliphatic rings. The van der Waals surface area contributed by atoms with Gasteiger partial charge < -0.3 is 10.6 Å². The van der Waals surface area contributed by atoms with Crippen LogP contribution >= 0.6 is 0 Å². The Balaban J connectivity index is 2.05. The SMILES string of the molecule is CCc1ccc(NC(=O)N[C@H](C)c2cnn(C)c2)cc1[N+](=O)[O-]. The van der Waals surface area contributed by atoms with Gasteiger partial charge in [0.05, 0.1) is 17.2 Å². The third-order valence-electron chi connectivity index (χ3n) is 3.49. The molecule has 8 nitrogen and oxygen atoms in total. The fraction of sp³-hybridized carbons (Fsp3) is 0.333. The molecule has 2 N–H and O–H groups in total. The lowest BCUT2D eigenvalue weighted by molar-refractivity contribution is -0.385. The monoisotopic (exact) mass is 317 g/mol. The van der Waals surface area contributed by atoms with E-state index in [0.29, 0.717) is 17.7 Å². The second-order valence-corrected chi connectivity index (χ2v) is 5.22. The first kappa shape index (κ1) is 16.5. The number of aromatic nitrogens is 2. The van der Waals surface area contributed by atoms with Gasteiger partial charge in [-0.25, -0.2) is 4.79 Å². The lowest BCUT2D eigenvalue weighted by Crippen LogP contribution is -2.31. The molecule has 0 spiro atoms. The molecule has 2 amide bonds. The molecule has 2 aromatic rings. The number of urea groups is 1. The van der Waals surface area contributed by atoms with Gasteiger partial charge in [0, 0.05) is 36.1 Å². The van der Waals surface area contributed by atoms with E-state index < -0.39 is 11.0 Å². The molecule has 1 aromatic carbocycles. The molecule has 0 aliphatic carbocycles. The largest absolute Gasteiger partial charge is 0.331 e. The van der Waals surface area contributed by atoms with Gasteiger partial charge in [-0.15, -0.1) is 0 Å². The molecular weight excluding hydrogens is 298 g/mol. The van der Waals surface area contributed by atoms with Crippen LogP contribution in [0.4, 0.5) is 16.2 Å². The highest BCUT2D eigenvalue weighted by Crippen LogP contribution is 2.23. The van der Waals surface area contributed by atoms with Crippen LogP contribution in [0.1, 0.15) is 31.0 Å². The van der Waals surface area contributed by atoms with E-state index in [2.05, 4.69) is 15.7 Å². The van der Waals surface area contributed by atoms with Gasteiger partial charge in [-0.05, 0) is 19.4 Å². The van der Waals surface area contributed by atoms with E-state index in [0.717, 1.165) is 5.56 Å². The highest BCUT2D eigenvalue weighted by molar-refractivity contribution is 5.90. The zero-order chi connectivity index (χ0) is 17.0. The first-order chi connectivity index (χ1) is 10.9. The number of nitrogens with zero attached hydrogens (tertiary/aromatic N) is 3. The van der Waals surface area contributed by atoms with Gasteiger partial charge in [0.25, 0.3) is 5.69 Å². The van der Waals surface area contributed by atoms with Gasteiger partial charge in [-0.3, -0.25) is 14.8 Å². The van der Waals surface area contributed by atoms with Crippen LogP contribution in [0.25, 0.3) is 0 Å². The summed E-state index contributed by atoms with van der Waals surface area (Å²) >= 11 is 0. The Morgan fingerprint density at radius 1 is 1.48 bits per heavy atom. The maximum Gasteiger partial charge on any atom is 0.319 e. The molecule has 0 fully saturated rings. The molecule has 0 aliphatic heterocycles. The average molecular weight is 317 g/mol. The average Bonchev–Trinajstić information content (AvgIpc) is 2.93. The van der Waals surface area contributed by atoms with Crippen molar-refractivity contribution in [3.63, 3.8) is 0 Å². The molecule has 8 heteroatoms. The minimum Gasteiger partial charge on any atom is -0.331 e. The Kier molecular flexibility index (Phi) is 4.95. The highest BCUT2D eigenvalue weighted by atomic mass is 16.6. The number of benzene rings is 1. The molecule has 0 saturated heterocycles. The highest BCUT2D eigenvalue weighted by Gasteiger charge is 2.15. The van der Waals surface area contributed by atoms with Crippen molar-refractivity contribution >= 4 is 17.4 Å². The summed E-state index contributed by atoms with van der Waals surface area (Å²) in [6.07, 6.45) is 4.04. The Morgan fingerprint density at radius 3 is 2.78 bits per heavy atom. The number of aryl methyl sites for hydroxylation is 2. The number of nitro benzene ring substituents is 1. The molecule has 2 rings (SSSR count). The number of carbonyl (C=O) groups excluding carboxylic acids is 1. The molecule has 122 valence electrons. The lowest BCUT2D eigenvalue weighted by atomic mass is 10.1. The zero-order valence-corrected chi connectivity index (χ0v) is 13.2. The molecule has 1 aromatic heterocycles. The number of hydrogen-bond acceptors (Lipinski definition) is 4. The van der Waals surface area contributed by atoms with E-state index in [9.17, 15) is 14.9 Å². The number of hydrogen-bond donors (Lipinski definition) is 2. The number of carbonyl (C=O) groups is 1. The number of rotatable bonds is 5. The van der Waals surface area contributed by atoms with Crippen molar-refractivity contribution in [2.75, 3.05) is 5.32 Å². The predicted octanol–water partition coefficient (Wildman–Crippen LogP) is 2.77. The van der Waals surface area contributed by atoms with Crippen LogP contribution in [0.2, 0.25) is 0 Å². The topological polar surface area (TPSA) is 102 Å². The third kappa shape index (κ3) is 4.06. The molecule has 0 saturated carbocycles. The van der Waals surface area contributed by atoms with Gasteiger partial charge in [0.15, 0.2) is 0 Å². The van der Waals surface area contributed by atoms with Crippen molar-refractivity contribution in [1.82, 2.24) is 15.1 Å². The van der Waals surface area contributed by atoms with Crippen LogP contribution in [-0.4, -0.2) is 20.7 Å². The van der Waals surface area contributed by atoms with E-state index >= 15 is 0 Å². The molecular formula is C15H19N5O3. The first-order valence-corrected chi connectivity index (χ1v) is 7.24. The van der Waals surface area contributed by atoms with Crippen LogP contribution in [0, 0.1) is 10.1 Å². The van der Waals surface area contributed by atoms with Crippen molar-refractivity contribution in [3.8, 4) is 0 Å². The van der Waals surface area contributed by atoms with Gasteiger partial charge in [0.2, 0.25) is 0 Å². The summed E-state index contributed by atoms with van der Waals surface area (Å²) in [5, 5.41) is 20.5. The Bertz CT molecular complexity index is 726. The van der Waals surface area contributed by atoms with Crippen molar-refractivity contribution in [2.45, 2.75) is 26.3 Å². The van der Waals surface area contributed by atoms with E-state index in [4.69, 9.17) is 0 Å². The number of nitro groups is 1. The minimum absolute atomic E-state index is 0.00519. The van der Waals surface area contributed by atoms with E-state index in [1.807, 2.05) is 20.0 Å². The summed E-state index contributed by atoms with van der Waals surface area (Å²) in [5.41, 5.74) is 1.88. The summed E-state index contributed by atoms with van der Waals surface area (Å²) < 4.78 is 1.65. The van der Waals surface area contributed by atoms with E-state index in [1.165, 1.54) is 6.07 Å². The quantitative estimate of drug-likeness (QED) is 0.654. The molecule has 23 heavy (non-hydrogen) atoms. The second-order valence-electron chi connectivity index (χ2n) is 5.22. The third-order valence-corrected chi connectivity index (χ3v) is 3.49. The zero-order valence-electron chi connectivity index (χ0n) is 13.2. The van der Waals surface area contributed by atoms with Gasteiger partial charge in [-0.2, -0.15) is 5.10 Å². The number of anilines is 1. The van der Waals surface area contributed by atoms with Crippen molar-refractivity contribution < 1.29 is 9.72 Å². The fourth-order valence-electron chi connectivity index (χ4n) is 2.22. The maximum atomic E-state index is 12.0. The molecule has 0 radical (unpaired) electrons. The van der Waals surface area contributed by atoms with Crippen LogP contribution in [0.5, 0.6) is 0 Å². The summed E-state index contributed by atoms with van der Waals surface area (Å²) in [6, 6.07) is 4.01. The van der Waals surface area contributed by atoms with Crippen molar-refractivity contribution in [1.29, 1.82) is 0 Å². The van der Waals surface area contributed by atoms with Crippen molar-refractivity contribution in [2.24, 2.45) is 7.05 Å². The lowest BCUT2D eigenvalue weighted by Gasteiger charge is -2.13. The molecule has 1 atom stereocenters. The predicted molar refractivity (Wildman–Crippen MR) is 86.3 cm³/mol. The summed E-state index contributed by atoms with van der Waals surface area (Å²) in [4.78, 5) is 22.6. The minimum atomic E-state index is -0.444. The smallest absolute Gasteiger partial charge is 0.319 e. The van der Waals surface area contributed by atoms with Crippen molar-refractivity contribution in [3.05, 3.63) is 51.8 Å². The summed E-state index contributed by atoms with van der Waals surface area (Å²) in [6.45, 7) is 3.68. The van der Waals surface area contributed by atoms with Crippen LogP contribution in [0.3, 0.4) is 0 Å². The normalized spacial score (nSPS) is 11.8. The maximum absolute atomic E-state index is 12.0.